The zero-order valence-corrected chi connectivity index (χ0v) is 17.5. The largest absolute Gasteiger partial charge is 0.371 e. The van der Waals surface area contributed by atoms with Gasteiger partial charge in [0.25, 0.3) is 0 Å². The highest BCUT2D eigenvalue weighted by molar-refractivity contribution is 6.13. The van der Waals surface area contributed by atoms with Crippen LogP contribution in [0.2, 0.25) is 0 Å². The van der Waals surface area contributed by atoms with E-state index in [0.717, 1.165) is 26.2 Å². The molecule has 4 aromatic carbocycles. The van der Waals surface area contributed by atoms with Crippen LogP contribution in [0.4, 0.5) is 11.4 Å². The van der Waals surface area contributed by atoms with Crippen molar-refractivity contribution in [3.63, 3.8) is 0 Å². The highest BCUT2D eigenvalue weighted by Gasteiger charge is 2.24. The van der Waals surface area contributed by atoms with Gasteiger partial charge in [-0.2, -0.15) is 0 Å². The zero-order valence-electron chi connectivity index (χ0n) is 17.5. The molecule has 0 bridgehead atoms. The van der Waals surface area contributed by atoms with Crippen molar-refractivity contribution in [2.24, 2.45) is 0 Å². The Morgan fingerprint density at radius 3 is 1.27 bits per heavy atom. The summed E-state index contributed by atoms with van der Waals surface area (Å²) in [5.41, 5.74) is 5.66. The Hall–Kier alpha value is -3.00. The summed E-state index contributed by atoms with van der Waals surface area (Å²) in [6.07, 6.45) is 5.17. The molecular weight excluding hydrogens is 364 g/mol. The summed E-state index contributed by atoms with van der Waals surface area (Å²) in [6.45, 7) is 4.65. The molecule has 30 heavy (non-hydrogen) atoms. The van der Waals surface area contributed by atoms with Crippen LogP contribution in [0.15, 0.2) is 72.8 Å². The number of benzene rings is 4. The minimum Gasteiger partial charge on any atom is -0.371 e. The van der Waals surface area contributed by atoms with Gasteiger partial charge in [0.2, 0.25) is 0 Å². The van der Waals surface area contributed by atoms with Crippen molar-refractivity contribution in [1.29, 1.82) is 0 Å². The molecule has 2 heteroatoms. The number of rotatable bonds is 3. The molecule has 2 nitrogen and oxygen atoms in total. The molecule has 0 aliphatic carbocycles. The summed E-state index contributed by atoms with van der Waals surface area (Å²) in [7, 11) is 0. The molecule has 2 saturated heterocycles. The molecule has 0 saturated carbocycles. The maximum absolute atomic E-state index is 2.61. The van der Waals surface area contributed by atoms with Crippen molar-refractivity contribution in [2.45, 2.75) is 25.7 Å². The van der Waals surface area contributed by atoms with Crippen molar-refractivity contribution in [3.05, 3.63) is 72.8 Å². The molecule has 0 amide bonds. The number of anilines is 2. The molecule has 0 N–H and O–H groups in total. The van der Waals surface area contributed by atoms with E-state index in [4.69, 9.17) is 0 Å². The Labute approximate surface area is 178 Å². The molecule has 2 fully saturated rings. The standard InChI is InChI=1S/C28H28N2/c1-3-11-23-21(9-1)13-15-25(29-17-5-6-18-29)27(23)28-24-12-4-2-10-22(24)14-16-26(28)30-19-7-8-20-30/h1-4,9-16H,5-8,17-20H2. The molecule has 2 aliphatic rings. The molecule has 0 spiro atoms. The highest BCUT2D eigenvalue weighted by Crippen LogP contribution is 2.46. The van der Waals surface area contributed by atoms with E-state index in [1.54, 1.807) is 0 Å². The summed E-state index contributed by atoms with van der Waals surface area (Å²) in [6, 6.07) is 27.2. The van der Waals surface area contributed by atoms with Crippen LogP contribution in [0.3, 0.4) is 0 Å². The van der Waals surface area contributed by atoms with E-state index >= 15 is 0 Å². The average Bonchev–Trinajstić information content (AvgIpc) is 3.52. The lowest BCUT2D eigenvalue weighted by Gasteiger charge is -2.28. The second-order valence-corrected chi connectivity index (χ2v) is 8.75. The first-order valence-corrected chi connectivity index (χ1v) is 11.4. The molecule has 150 valence electrons. The van der Waals surface area contributed by atoms with Crippen LogP contribution < -0.4 is 9.80 Å². The first kappa shape index (κ1) is 17.8. The highest BCUT2D eigenvalue weighted by atomic mass is 15.2. The van der Waals surface area contributed by atoms with E-state index in [-0.39, 0.29) is 0 Å². The lowest BCUT2D eigenvalue weighted by atomic mass is 9.90. The first-order chi connectivity index (χ1) is 14.9. The van der Waals surface area contributed by atoms with Crippen LogP contribution in [0, 0.1) is 0 Å². The summed E-state index contributed by atoms with van der Waals surface area (Å²) >= 11 is 0. The Kier molecular flexibility index (Phi) is 4.37. The SMILES string of the molecule is c1ccc2c(-c3c(N4CCCC4)ccc4ccccc34)c(N3CCCC3)ccc2c1. The van der Waals surface area contributed by atoms with Crippen molar-refractivity contribution < 1.29 is 0 Å². The van der Waals surface area contributed by atoms with Gasteiger partial charge in [-0.15, -0.1) is 0 Å². The predicted molar refractivity (Wildman–Crippen MR) is 130 cm³/mol. The zero-order chi connectivity index (χ0) is 19.9. The fourth-order valence-corrected chi connectivity index (χ4v) is 5.49. The molecule has 6 rings (SSSR count). The summed E-state index contributed by atoms with van der Waals surface area (Å²) in [5, 5.41) is 5.41. The third kappa shape index (κ3) is 2.86. The molecule has 0 atom stereocenters. The van der Waals surface area contributed by atoms with Crippen LogP contribution in [-0.2, 0) is 0 Å². The van der Waals surface area contributed by atoms with Gasteiger partial charge in [-0.1, -0.05) is 60.7 Å². The van der Waals surface area contributed by atoms with Gasteiger partial charge >= 0.3 is 0 Å². The minimum atomic E-state index is 1.16. The van der Waals surface area contributed by atoms with Gasteiger partial charge in [0.1, 0.15) is 0 Å². The van der Waals surface area contributed by atoms with Crippen LogP contribution >= 0.6 is 0 Å². The van der Waals surface area contributed by atoms with Crippen LogP contribution in [0.5, 0.6) is 0 Å². The van der Waals surface area contributed by atoms with Gasteiger partial charge < -0.3 is 9.80 Å². The Morgan fingerprint density at radius 2 is 0.833 bits per heavy atom. The summed E-state index contributed by atoms with van der Waals surface area (Å²) < 4.78 is 0. The Morgan fingerprint density at radius 1 is 0.433 bits per heavy atom. The third-order valence-corrected chi connectivity index (χ3v) is 6.96. The van der Waals surface area contributed by atoms with Crippen LogP contribution in [-0.4, -0.2) is 26.2 Å². The molecule has 2 aliphatic heterocycles. The van der Waals surface area contributed by atoms with Gasteiger partial charge in [0, 0.05) is 48.7 Å². The van der Waals surface area contributed by atoms with Crippen molar-refractivity contribution in [3.8, 4) is 11.1 Å². The normalized spacial score (nSPS) is 16.8. The van der Waals surface area contributed by atoms with Gasteiger partial charge in [-0.25, -0.2) is 0 Å². The van der Waals surface area contributed by atoms with E-state index in [0.29, 0.717) is 0 Å². The van der Waals surface area contributed by atoms with E-state index in [9.17, 15) is 0 Å². The lowest BCUT2D eigenvalue weighted by Crippen LogP contribution is -2.21. The van der Waals surface area contributed by atoms with E-state index in [1.165, 1.54) is 69.7 Å². The molecule has 2 heterocycles. The number of hydrogen-bond acceptors (Lipinski definition) is 2. The van der Waals surface area contributed by atoms with Crippen molar-refractivity contribution in [2.75, 3.05) is 36.0 Å². The molecule has 0 radical (unpaired) electrons. The quantitative estimate of drug-likeness (QED) is 0.376. The number of fused-ring (bicyclic) bond motifs is 2. The van der Waals surface area contributed by atoms with Gasteiger partial charge in [-0.3, -0.25) is 0 Å². The minimum absolute atomic E-state index is 1.16. The van der Waals surface area contributed by atoms with Crippen molar-refractivity contribution in [1.82, 2.24) is 0 Å². The van der Waals surface area contributed by atoms with Crippen LogP contribution in [0.1, 0.15) is 25.7 Å². The first-order valence-electron chi connectivity index (χ1n) is 11.4. The number of nitrogens with zero attached hydrogens (tertiary/aromatic N) is 2. The van der Waals surface area contributed by atoms with E-state index in [2.05, 4.69) is 82.6 Å². The fourth-order valence-electron chi connectivity index (χ4n) is 5.49. The maximum Gasteiger partial charge on any atom is 0.0453 e. The predicted octanol–water partition coefficient (Wildman–Crippen LogP) is 6.86. The lowest BCUT2D eigenvalue weighted by molar-refractivity contribution is 0.949. The molecule has 4 aromatic rings. The fraction of sp³-hybridized carbons (Fsp3) is 0.286. The second kappa shape index (κ2) is 7.36. The third-order valence-electron chi connectivity index (χ3n) is 6.96. The van der Waals surface area contributed by atoms with Gasteiger partial charge in [0.05, 0.1) is 0 Å². The average molecular weight is 393 g/mol. The number of hydrogen-bond donors (Lipinski definition) is 0. The smallest absolute Gasteiger partial charge is 0.0453 e. The van der Waals surface area contributed by atoms with Gasteiger partial charge in [0.15, 0.2) is 0 Å². The van der Waals surface area contributed by atoms with E-state index in [1.807, 2.05) is 0 Å². The molecular formula is C28H28N2. The van der Waals surface area contributed by atoms with E-state index < -0.39 is 0 Å². The maximum atomic E-state index is 2.61. The Bertz CT molecular complexity index is 1120. The summed E-state index contributed by atoms with van der Waals surface area (Å²) in [4.78, 5) is 5.22. The topological polar surface area (TPSA) is 6.48 Å². The molecule has 0 aromatic heterocycles. The summed E-state index contributed by atoms with van der Waals surface area (Å²) in [5.74, 6) is 0. The Balaban J connectivity index is 1.73. The van der Waals surface area contributed by atoms with Gasteiger partial charge in [-0.05, 0) is 59.4 Å². The monoisotopic (exact) mass is 392 g/mol. The van der Waals surface area contributed by atoms with Crippen LogP contribution in [0.25, 0.3) is 32.7 Å². The second-order valence-electron chi connectivity index (χ2n) is 8.75. The van der Waals surface area contributed by atoms with Crippen molar-refractivity contribution >= 4 is 32.9 Å². The molecule has 0 unspecified atom stereocenters.